The molecule has 1 aliphatic heterocycles. The summed E-state index contributed by atoms with van der Waals surface area (Å²) in [6, 6.07) is 10.2. The van der Waals surface area contributed by atoms with Crippen molar-refractivity contribution in [3.63, 3.8) is 0 Å². The van der Waals surface area contributed by atoms with Crippen molar-refractivity contribution in [1.82, 2.24) is 20.0 Å². The van der Waals surface area contributed by atoms with E-state index in [1.54, 1.807) is 0 Å². The number of amides is 1. The molecule has 1 aromatic carbocycles. The third-order valence-corrected chi connectivity index (χ3v) is 4.46. The Morgan fingerprint density at radius 2 is 1.82 bits per heavy atom. The molecule has 1 amide bonds. The number of nitrogens with zero attached hydrogens (tertiary/aromatic N) is 4. The lowest BCUT2D eigenvalue weighted by atomic mass is 10.2. The number of alkyl halides is 3. The van der Waals surface area contributed by atoms with Crippen molar-refractivity contribution in [3.05, 3.63) is 35.9 Å². The van der Waals surface area contributed by atoms with Crippen LogP contribution in [0.3, 0.4) is 0 Å². The molecule has 0 radical (unpaired) electrons. The van der Waals surface area contributed by atoms with Gasteiger partial charge in [-0.25, -0.2) is 4.99 Å². The molecule has 0 unspecified atom stereocenters. The summed E-state index contributed by atoms with van der Waals surface area (Å²) >= 11 is 0. The van der Waals surface area contributed by atoms with Gasteiger partial charge in [0.15, 0.2) is 5.96 Å². The average Bonchev–Trinajstić information content (AvgIpc) is 2.65. The SMILES string of the molecule is CCNC(=NCC(=O)N(C)CC(F)(F)F)N1CCN(Cc2ccccc2)CC1. The number of carbonyl (C=O) groups excluding carboxylic acids is 1. The summed E-state index contributed by atoms with van der Waals surface area (Å²) in [5.41, 5.74) is 1.26. The minimum atomic E-state index is -4.41. The van der Waals surface area contributed by atoms with Crippen LogP contribution < -0.4 is 5.32 Å². The second kappa shape index (κ2) is 10.3. The fraction of sp³-hybridized carbons (Fsp3) is 0.579. The van der Waals surface area contributed by atoms with Crippen LogP contribution in [0.5, 0.6) is 0 Å². The van der Waals surface area contributed by atoms with Crippen LogP contribution in [-0.2, 0) is 11.3 Å². The van der Waals surface area contributed by atoms with E-state index in [0.29, 0.717) is 17.4 Å². The number of aliphatic imine (C=N–C) groups is 1. The molecule has 1 heterocycles. The van der Waals surface area contributed by atoms with Gasteiger partial charge in [0.25, 0.3) is 0 Å². The van der Waals surface area contributed by atoms with E-state index >= 15 is 0 Å². The third-order valence-electron chi connectivity index (χ3n) is 4.46. The number of nitrogens with one attached hydrogen (secondary N) is 1. The first kappa shape index (κ1) is 22.0. The van der Waals surface area contributed by atoms with Gasteiger partial charge < -0.3 is 15.1 Å². The van der Waals surface area contributed by atoms with Crippen LogP contribution in [-0.4, -0.2) is 85.6 Å². The van der Waals surface area contributed by atoms with Crippen LogP contribution in [0.15, 0.2) is 35.3 Å². The highest BCUT2D eigenvalue weighted by Gasteiger charge is 2.31. The Hall–Kier alpha value is -2.29. The molecule has 0 atom stereocenters. The Morgan fingerprint density at radius 3 is 2.39 bits per heavy atom. The smallest absolute Gasteiger partial charge is 0.357 e. The molecule has 156 valence electrons. The average molecular weight is 399 g/mol. The lowest BCUT2D eigenvalue weighted by Gasteiger charge is -2.36. The van der Waals surface area contributed by atoms with E-state index in [2.05, 4.69) is 27.3 Å². The van der Waals surface area contributed by atoms with E-state index in [9.17, 15) is 18.0 Å². The van der Waals surface area contributed by atoms with E-state index in [1.165, 1.54) is 5.56 Å². The van der Waals surface area contributed by atoms with Crippen molar-refractivity contribution in [1.29, 1.82) is 0 Å². The molecule has 0 spiro atoms. The molecule has 0 bridgehead atoms. The van der Waals surface area contributed by atoms with Crippen LogP contribution in [0.1, 0.15) is 12.5 Å². The highest BCUT2D eigenvalue weighted by molar-refractivity contribution is 5.85. The monoisotopic (exact) mass is 399 g/mol. The molecular formula is C19H28F3N5O. The van der Waals surface area contributed by atoms with Crippen LogP contribution in [0, 0.1) is 0 Å². The summed E-state index contributed by atoms with van der Waals surface area (Å²) in [5.74, 6) is -0.0916. The number of piperazine rings is 1. The number of halogens is 3. The largest absolute Gasteiger partial charge is 0.406 e. The maximum Gasteiger partial charge on any atom is 0.406 e. The minimum Gasteiger partial charge on any atom is -0.357 e. The van der Waals surface area contributed by atoms with Crippen LogP contribution in [0.4, 0.5) is 13.2 Å². The van der Waals surface area contributed by atoms with Crippen LogP contribution >= 0.6 is 0 Å². The van der Waals surface area contributed by atoms with Gasteiger partial charge in [-0.05, 0) is 12.5 Å². The third kappa shape index (κ3) is 7.38. The predicted molar refractivity (Wildman–Crippen MR) is 103 cm³/mol. The minimum absolute atomic E-state index is 0.306. The Kier molecular flexibility index (Phi) is 8.10. The zero-order chi connectivity index (χ0) is 20.6. The number of rotatable bonds is 6. The zero-order valence-corrected chi connectivity index (χ0v) is 16.4. The maximum atomic E-state index is 12.4. The topological polar surface area (TPSA) is 51.2 Å². The van der Waals surface area contributed by atoms with Crippen molar-refractivity contribution in [2.75, 3.05) is 52.9 Å². The molecule has 1 saturated heterocycles. The lowest BCUT2D eigenvalue weighted by Crippen LogP contribution is -2.52. The summed E-state index contributed by atoms with van der Waals surface area (Å²) in [7, 11) is 1.14. The Bertz CT molecular complexity index is 643. The Morgan fingerprint density at radius 1 is 1.18 bits per heavy atom. The Labute approximate surface area is 164 Å². The first-order valence-electron chi connectivity index (χ1n) is 9.38. The highest BCUT2D eigenvalue weighted by atomic mass is 19.4. The molecule has 0 aromatic heterocycles. The van der Waals surface area contributed by atoms with Crippen LogP contribution in [0.2, 0.25) is 0 Å². The number of hydrogen-bond donors (Lipinski definition) is 1. The van der Waals surface area contributed by atoms with E-state index in [0.717, 1.165) is 39.8 Å². The van der Waals surface area contributed by atoms with Crippen molar-refractivity contribution in [2.45, 2.75) is 19.6 Å². The number of likely N-dealkylation sites (N-methyl/N-ethyl adjacent to an activating group) is 1. The van der Waals surface area contributed by atoms with Gasteiger partial charge in [0.2, 0.25) is 5.91 Å². The summed E-state index contributed by atoms with van der Waals surface area (Å²) < 4.78 is 37.2. The summed E-state index contributed by atoms with van der Waals surface area (Å²) in [4.78, 5) is 21.2. The molecule has 9 heteroatoms. The first-order chi connectivity index (χ1) is 13.3. The molecule has 1 N–H and O–H groups in total. The number of hydrogen-bond acceptors (Lipinski definition) is 3. The van der Waals surface area contributed by atoms with Gasteiger partial charge in [0.1, 0.15) is 13.1 Å². The molecule has 1 aromatic rings. The fourth-order valence-electron chi connectivity index (χ4n) is 3.01. The standard InChI is InChI=1S/C19H28F3N5O/c1-3-23-18(24-13-17(28)25(2)15-19(20,21)22)27-11-9-26(10-12-27)14-16-7-5-4-6-8-16/h4-8H,3,9-15H2,1-2H3,(H,23,24). The number of benzene rings is 1. The normalized spacial score (nSPS) is 16.2. The van der Waals surface area contributed by atoms with Gasteiger partial charge in [-0.2, -0.15) is 13.2 Å². The second-order valence-corrected chi connectivity index (χ2v) is 6.78. The molecule has 2 rings (SSSR count). The summed E-state index contributed by atoms with van der Waals surface area (Å²) in [6.07, 6.45) is -4.41. The number of carbonyl (C=O) groups is 1. The highest BCUT2D eigenvalue weighted by Crippen LogP contribution is 2.15. The molecule has 6 nitrogen and oxygen atoms in total. The molecule has 0 aliphatic carbocycles. The zero-order valence-electron chi connectivity index (χ0n) is 16.4. The van der Waals surface area contributed by atoms with Gasteiger partial charge in [-0.3, -0.25) is 9.69 Å². The van der Waals surface area contributed by atoms with E-state index in [-0.39, 0.29) is 6.54 Å². The van der Waals surface area contributed by atoms with E-state index in [4.69, 9.17) is 0 Å². The molecule has 28 heavy (non-hydrogen) atoms. The fourth-order valence-corrected chi connectivity index (χ4v) is 3.01. The summed E-state index contributed by atoms with van der Waals surface area (Å²) in [6.45, 7) is 5.02. The predicted octanol–water partition coefficient (Wildman–Crippen LogP) is 1.79. The van der Waals surface area contributed by atoms with Crippen molar-refractivity contribution >= 4 is 11.9 Å². The van der Waals surface area contributed by atoms with Crippen molar-refractivity contribution < 1.29 is 18.0 Å². The second-order valence-electron chi connectivity index (χ2n) is 6.78. The summed E-state index contributed by atoms with van der Waals surface area (Å²) in [5, 5.41) is 3.12. The van der Waals surface area contributed by atoms with E-state index in [1.807, 2.05) is 30.0 Å². The Balaban J connectivity index is 1.88. The van der Waals surface area contributed by atoms with Gasteiger partial charge in [-0.15, -0.1) is 0 Å². The molecule has 1 fully saturated rings. The van der Waals surface area contributed by atoms with Crippen LogP contribution in [0.25, 0.3) is 0 Å². The van der Waals surface area contributed by atoms with Crippen molar-refractivity contribution in [2.24, 2.45) is 4.99 Å². The molecule has 1 aliphatic rings. The molecular weight excluding hydrogens is 371 g/mol. The van der Waals surface area contributed by atoms with Gasteiger partial charge in [0.05, 0.1) is 0 Å². The van der Waals surface area contributed by atoms with Gasteiger partial charge in [0, 0.05) is 46.3 Å². The number of guanidine groups is 1. The maximum absolute atomic E-state index is 12.4. The first-order valence-corrected chi connectivity index (χ1v) is 9.38. The quantitative estimate of drug-likeness (QED) is 0.585. The molecule has 0 saturated carbocycles. The van der Waals surface area contributed by atoms with E-state index < -0.39 is 18.6 Å². The van der Waals surface area contributed by atoms with Crippen molar-refractivity contribution in [3.8, 4) is 0 Å². The lowest BCUT2D eigenvalue weighted by molar-refractivity contribution is -0.157. The van der Waals surface area contributed by atoms with Gasteiger partial charge in [-0.1, -0.05) is 30.3 Å². The van der Waals surface area contributed by atoms with Gasteiger partial charge >= 0.3 is 6.18 Å².